The van der Waals surface area contributed by atoms with Crippen molar-refractivity contribution < 1.29 is 4.79 Å². The summed E-state index contributed by atoms with van der Waals surface area (Å²) in [6, 6.07) is 8.08. The van der Waals surface area contributed by atoms with Gasteiger partial charge in [0.15, 0.2) is 0 Å². The Morgan fingerprint density at radius 2 is 2.20 bits per heavy atom. The van der Waals surface area contributed by atoms with E-state index in [0.717, 1.165) is 31.4 Å². The topological polar surface area (TPSA) is 29.1 Å². The van der Waals surface area contributed by atoms with Gasteiger partial charge in [-0.25, -0.2) is 0 Å². The van der Waals surface area contributed by atoms with Crippen molar-refractivity contribution in [2.24, 2.45) is 5.92 Å². The van der Waals surface area contributed by atoms with Crippen LogP contribution in [0.15, 0.2) is 24.3 Å². The van der Waals surface area contributed by atoms with E-state index < -0.39 is 0 Å². The quantitative estimate of drug-likeness (QED) is 0.804. The lowest BCUT2D eigenvalue weighted by molar-refractivity contribution is -0.120. The monoisotopic (exact) mass is 203 g/mol. The Bertz CT molecular complexity index is 359. The summed E-state index contributed by atoms with van der Waals surface area (Å²) in [6.07, 6.45) is 4.21. The molecule has 0 radical (unpaired) electrons. The summed E-state index contributed by atoms with van der Waals surface area (Å²) in [5, 5.41) is 2.98. The molecule has 1 heterocycles. The predicted octanol–water partition coefficient (Wildman–Crippen LogP) is 2.99. The Labute approximate surface area is 90.7 Å². The Morgan fingerprint density at radius 1 is 1.40 bits per heavy atom. The number of anilines is 1. The van der Waals surface area contributed by atoms with E-state index in [2.05, 4.69) is 18.3 Å². The fourth-order valence-electron chi connectivity index (χ4n) is 2.10. The maximum absolute atomic E-state index is 11.8. The molecule has 0 saturated heterocycles. The zero-order chi connectivity index (χ0) is 10.7. The van der Waals surface area contributed by atoms with Crippen molar-refractivity contribution in [3.8, 4) is 0 Å². The summed E-state index contributed by atoms with van der Waals surface area (Å²) < 4.78 is 0. The van der Waals surface area contributed by atoms with Crippen LogP contribution in [-0.4, -0.2) is 5.91 Å². The fourth-order valence-corrected chi connectivity index (χ4v) is 2.10. The molecule has 0 aromatic heterocycles. The molecule has 2 rings (SSSR count). The van der Waals surface area contributed by atoms with Crippen molar-refractivity contribution in [1.82, 2.24) is 0 Å². The van der Waals surface area contributed by atoms with E-state index in [9.17, 15) is 4.79 Å². The summed E-state index contributed by atoms with van der Waals surface area (Å²) in [6.45, 7) is 2.16. The Morgan fingerprint density at radius 3 is 3.00 bits per heavy atom. The molecule has 1 aromatic rings. The largest absolute Gasteiger partial charge is 0.326 e. The number of fused-ring (bicyclic) bond motifs is 1. The van der Waals surface area contributed by atoms with Crippen molar-refractivity contribution >= 4 is 11.6 Å². The number of rotatable bonds is 3. The minimum atomic E-state index is 0.180. The number of hydrogen-bond acceptors (Lipinski definition) is 1. The molecule has 2 nitrogen and oxygen atoms in total. The molecule has 1 aliphatic heterocycles. The fraction of sp³-hybridized carbons (Fsp3) is 0.462. The molecular weight excluding hydrogens is 186 g/mol. The molecule has 1 aromatic carbocycles. The van der Waals surface area contributed by atoms with Crippen LogP contribution in [0.3, 0.4) is 0 Å². The van der Waals surface area contributed by atoms with E-state index in [1.54, 1.807) is 0 Å². The molecule has 1 amide bonds. The number of hydrogen-bond donors (Lipinski definition) is 1. The molecule has 0 saturated carbocycles. The van der Waals surface area contributed by atoms with Gasteiger partial charge in [-0.1, -0.05) is 38.0 Å². The second kappa shape index (κ2) is 4.47. The second-order valence-corrected chi connectivity index (χ2v) is 4.19. The summed E-state index contributed by atoms with van der Waals surface area (Å²) in [5.74, 6) is 0.377. The molecule has 1 unspecified atom stereocenters. The lowest BCUT2D eigenvalue weighted by atomic mass is 9.89. The molecule has 1 N–H and O–H groups in total. The highest BCUT2D eigenvalue weighted by molar-refractivity contribution is 5.95. The van der Waals surface area contributed by atoms with E-state index in [4.69, 9.17) is 0 Å². The van der Waals surface area contributed by atoms with Crippen molar-refractivity contribution in [1.29, 1.82) is 0 Å². The number of amides is 1. The molecule has 0 spiro atoms. The molecule has 15 heavy (non-hydrogen) atoms. The summed E-state index contributed by atoms with van der Waals surface area (Å²) >= 11 is 0. The van der Waals surface area contributed by atoms with Crippen LogP contribution in [0, 0.1) is 5.92 Å². The number of carbonyl (C=O) groups is 1. The normalized spacial score (nSPS) is 19.5. The molecule has 0 aliphatic carbocycles. The molecule has 0 fully saturated rings. The lowest BCUT2D eigenvalue weighted by Crippen LogP contribution is -2.29. The summed E-state index contributed by atoms with van der Waals surface area (Å²) in [7, 11) is 0. The smallest absolute Gasteiger partial charge is 0.227 e. The maximum atomic E-state index is 11.8. The van der Waals surface area contributed by atoms with Gasteiger partial charge in [-0.2, -0.15) is 0 Å². The first-order valence-corrected chi connectivity index (χ1v) is 5.70. The molecule has 0 bridgehead atoms. The van der Waals surface area contributed by atoms with Gasteiger partial charge >= 0.3 is 0 Å². The average molecular weight is 203 g/mol. The van der Waals surface area contributed by atoms with Crippen LogP contribution in [0.5, 0.6) is 0 Å². The number of nitrogens with one attached hydrogen (secondary N) is 1. The zero-order valence-electron chi connectivity index (χ0n) is 9.12. The molecule has 80 valence electrons. The van der Waals surface area contributed by atoms with Crippen LogP contribution in [0.4, 0.5) is 5.69 Å². The highest BCUT2D eigenvalue weighted by Crippen LogP contribution is 2.27. The van der Waals surface area contributed by atoms with E-state index >= 15 is 0 Å². The average Bonchev–Trinajstić information content (AvgIpc) is 2.26. The third-order valence-corrected chi connectivity index (χ3v) is 3.02. The molecule has 1 atom stereocenters. The van der Waals surface area contributed by atoms with Gasteiger partial charge in [-0.15, -0.1) is 0 Å². The number of unbranched alkanes of at least 4 members (excludes halogenated alkanes) is 1. The minimum absolute atomic E-state index is 0.180. The predicted molar refractivity (Wildman–Crippen MR) is 61.8 cm³/mol. The van der Waals surface area contributed by atoms with Crippen molar-refractivity contribution in [2.75, 3.05) is 5.32 Å². The summed E-state index contributed by atoms with van der Waals surface area (Å²) in [5.41, 5.74) is 2.27. The van der Waals surface area contributed by atoms with Gasteiger partial charge in [-0.3, -0.25) is 4.79 Å². The minimum Gasteiger partial charge on any atom is -0.326 e. The number of carbonyl (C=O) groups excluding carboxylic acids is 1. The third-order valence-electron chi connectivity index (χ3n) is 3.02. The van der Waals surface area contributed by atoms with E-state index in [1.807, 2.05) is 18.2 Å². The van der Waals surface area contributed by atoms with E-state index in [1.165, 1.54) is 5.56 Å². The van der Waals surface area contributed by atoms with Gasteiger partial charge < -0.3 is 5.32 Å². The Balaban J connectivity index is 2.11. The highest BCUT2D eigenvalue weighted by Gasteiger charge is 2.24. The second-order valence-electron chi connectivity index (χ2n) is 4.19. The molecular formula is C13H17NO. The molecule has 1 aliphatic rings. The standard InChI is InChI=1S/C13H17NO/c1-2-3-6-11-9-10-7-4-5-8-12(10)14-13(11)15/h4-5,7-8,11H,2-3,6,9H2,1H3,(H,14,15). The van der Waals surface area contributed by atoms with Crippen molar-refractivity contribution in [2.45, 2.75) is 32.6 Å². The van der Waals surface area contributed by atoms with Gasteiger partial charge in [0.2, 0.25) is 5.91 Å². The van der Waals surface area contributed by atoms with Crippen LogP contribution < -0.4 is 5.32 Å². The van der Waals surface area contributed by atoms with E-state index in [-0.39, 0.29) is 11.8 Å². The van der Waals surface area contributed by atoms with Gasteiger partial charge in [0.05, 0.1) is 0 Å². The lowest BCUT2D eigenvalue weighted by Gasteiger charge is -2.24. The first-order chi connectivity index (χ1) is 7.31. The van der Waals surface area contributed by atoms with Gasteiger partial charge in [-0.05, 0) is 24.5 Å². The number of para-hydroxylation sites is 1. The van der Waals surface area contributed by atoms with Crippen molar-refractivity contribution in [3.05, 3.63) is 29.8 Å². The highest BCUT2D eigenvalue weighted by atomic mass is 16.1. The van der Waals surface area contributed by atoms with Crippen LogP contribution >= 0.6 is 0 Å². The van der Waals surface area contributed by atoms with Crippen LogP contribution in [0.1, 0.15) is 31.7 Å². The van der Waals surface area contributed by atoms with Gasteiger partial charge in [0.25, 0.3) is 0 Å². The van der Waals surface area contributed by atoms with Crippen LogP contribution in [0.2, 0.25) is 0 Å². The summed E-state index contributed by atoms with van der Waals surface area (Å²) in [4.78, 5) is 11.8. The third kappa shape index (κ3) is 2.20. The number of benzene rings is 1. The zero-order valence-corrected chi connectivity index (χ0v) is 9.12. The van der Waals surface area contributed by atoms with Crippen LogP contribution in [-0.2, 0) is 11.2 Å². The Kier molecular flexibility index (Phi) is 3.05. The van der Waals surface area contributed by atoms with E-state index in [0.29, 0.717) is 0 Å². The Hall–Kier alpha value is -1.31. The van der Waals surface area contributed by atoms with Crippen LogP contribution in [0.25, 0.3) is 0 Å². The van der Waals surface area contributed by atoms with Crippen molar-refractivity contribution in [3.63, 3.8) is 0 Å². The van der Waals surface area contributed by atoms with Gasteiger partial charge in [0, 0.05) is 11.6 Å². The first kappa shape index (κ1) is 10.2. The maximum Gasteiger partial charge on any atom is 0.227 e. The van der Waals surface area contributed by atoms with Gasteiger partial charge in [0.1, 0.15) is 0 Å². The SMILES string of the molecule is CCCCC1Cc2ccccc2NC1=O. The first-order valence-electron chi connectivity index (χ1n) is 5.70. The molecule has 2 heteroatoms.